The maximum absolute atomic E-state index is 13.7. The molecular formula is C73H99N15O9S3. The lowest BCUT2D eigenvalue weighted by atomic mass is 10.0. The Hall–Kier alpha value is -7.56. The van der Waals surface area contributed by atoms with E-state index in [4.69, 9.17) is 4.74 Å². The van der Waals surface area contributed by atoms with Gasteiger partial charge in [-0.2, -0.15) is 0 Å². The van der Waals surface area contributed by atoms with E-state index in [1.165, 1.54) is 34.0 Å². The van der Waals surface area contributed by atoms with Crippen molar-refractivity contribution in [1.82, 2.24) is 60.6 Å². The fourth-order valence-corrected chi connectivity index (χ4v) is 17.7. The average Bonchev–Trinajstić information content (AvgIpc) is 1.62. The summed E-state index contributed by atoms with van der Waals surface area (Å²) in [7, 11) is 0. The van der Waals surface area contributed by atoms with Crippen LogP contribution in [-0.2, 0) is 4.74 Å². The summed E-state index contributed by atoms with van der Waals surface area (Å²) in [6.45, 7) is 25.1. The van der Waals surface area contributed by atoms with Gasteiger partial charge in [-0.1, -0.05) is 0 Å². The Bertz CT molecular complexity index is 3770. The third-order valence-electron chi connectivity index (χ3n) is 19.9. The molecule has 5 aliphatic heterocycles. The molecule has 0 unspecified atom stereocenters. The highest BCUT2D eigenvalue weighted by Crippen LogP contribution is 2.43. The number of aliphatic hydroxyl groups is 2. The van der Waals surface area contributed by atoms with Gasteiger partial charge in [0.05, 0.1) is 32.9 Å². The van der Waals surface area contributed by atoms with Crippen molar-refractivity contribution in [3.8, 4) is 31.3 Å². The van der Waals surface area contributed by atoms with Crippen LogP contribution in [0.15, 0.2) is 36.8 Å². The highest BCUT2D eigenvalue weighted by molar-refractivity contribution is 7.18. The molecule has 5 saturated heterocycles. The van der Waals surface area contributed by atoms with Crippen molar-refractivity contribution in [3.05, 3.63) is 85.6 Å². The van der Waals surface area contributed by atoms with Gasteiger partial charge in [0.2, 0.25) is 0 Å². The lowest BCUT2D eigenvalue weighted by Gasteiger charge is -2.22. The number of pyridine rings is 3. The Balaban J connectivity index is 0.000000151. The number of amides is 6. The first kappa shape index (κ1) is 73.7. The number of thiazole rings is 3. The van der Waals surface area contributed by atoms with Crippen molar-refractivity contribution in [2.24, 2.45) is 0 Å². The van der Waals surface area contributed by atoms with Crippen molar-refractivity contribution in [2.45, 2.75) is 252 Å². The van der Waals surface area contributed by atoms with E-state index < -0.39 is 6.10 Å². The fourth-order valence-electron chi connectivity index (χ4n) is 14.6. The Morgan fingerprint density at radius 3 is 1.24 bits per heavy atom. The second-order valence-electron chi connectivity index (χ2n) is 28.9. The van der Waals surface area contributed by atoms with Gasteiger partial charge in [0.25, 0.3) is 35.4 Å². The summed E-state index contributed by atoms with van der Waals surface area (Å²) in [6.07, 6.45) is 18.4. The third-order valence-corrected chi connectivity index (χ3v) is 23.1. The summed E-state index contributed by atoms with van der Waals surface area (Å²) < 4.78 is 5.39. The Labute approximate surface area is 598 Å². The van der Waals surface area contributed by atoms with Crippen LogP contribution in [0.5, 0.6) is 0 Å². The molecule has 13 rings (SSSR count). The summed E-state index contributed by atoms with van der Waals surface area (Å²) in [5.41, 5.74) is 6.40. The summed E-state index contributed by atoms with van der Waals surface area (Å²) in [5.74, 6) is 1.15. The summed E-state index contributed by atoms with van der Waals surface area (Å²) in [6, 6.07) is 7.29. The van der Waals surface area contributed by atoms with Crippen LogP contribution < -0.4 is 31.9 Å². The van der Waals surface area contributed by atoms with Crippen LogP contribution in [0.25, 0.3) is 31.3 Å². The molecule has 538 valence electrons. The molecule has 6 atom stereocenters. The van der Waals surface area contributed by atoms with Gasteiger partial charge in [-0.25, -0.2) is 29.9 Å². The van der Waals surface area contributed by atoms with Crippen molar-refractivity contribution < 1.29 is 43.7 Å². The molecule has 8 N–H and O–H groups in total. The van der Waals surface area contributed by atoms with E-state index in [0.29, 0.717) is 75.7 Å². The maximum Gasteiger partial charge on any atom is 0.280 e. The van der Waals surface area contributed by atoms with Crippen molar-refractivity contribution in [3.63, 3.8) is 0 Å². The molecule has 7 fully saturated rings. The van der Waals surface area contributed by atoms with E-state index in [9.17, 15) is 39.0 Å². The molecule has 2 aliphatic carbocycles. The number of aryl methyl sites for hydroxylation is 3. The van der Waals surface area contributed by atoms with E-state index in [1.54, 1.807) is 18.6 Å². The van der Waals surface area contributed by atoms with Crippen LogP contribution in [0.1, 0.15) is 236 Å². The predicted octanol–water partition coefficient (Wildman–Crippen LogP) is 11.2. The number of carbonyl (C=O) groups is 6. The zero-order valence-electron chi connectivity index (χ0n) is 59.5. The topological polar surface area (TPSA) is 311 Å². The molecule has 7 aliphatic rings. The zero-order chi connectivity index (χ0) is 71.2. The number of nitrogens with one attached hydrogen (secondary N) is 6. The summed E-state index contributed by atoms with van der Waals surface area (Å²) in [4.78, 5) is 115. The third kappa shape index (κ3) is 17.3. The first-order valence-corrected chi connectivity index (χ1v) is 38.4. The van der Waals surface area contributed by atoms with E-state index in [2.05, 4.69) is 117 Å². The molecular weight excluding hydrogens is 1330 g/mol. The SMILES string of the molecule is Cc1cc(NC(C)C)ncc1-c1sc(C(=O)NC2CCOCC2)nc1C(=O)N1CCC[C@@H]1C.Cc1cc(NC(C)C)ncc1-c1sc(C(=O)N[C@H]2CCC[C@@H]2O)nc1C(=O)N1C2CCC1CC2.Cc1cc(NC(C)C)ncc1-c1sc(C(=O)N[C@H]2CC[C@H](O)C2)nc1C(=O)N1CCC[C@@H]1C. The number of fused-ring (bicyclic) bond motifs is 2. The summed E-state index contributed by atoms with van der Waals surface area (Å²) in [5, 5.41) is 39.6. The molecule has 2 bridgehead atoms. The number of hydrogen-bond acceptors (Lipinski definition) is 21. The highest BCUT2D eigenvalue weighted by Gasteiger charge is 2.45. The maximum atomic E-state index is 13.7. The lowest BCUT2D eigenvalue weighted by molar-refractivity contribution is 0.0693. The Kier molecular flexibility index (Phi) is 24.0. The summed E-state index contributed by atoms with van der Waals surface area (Å²) >= 11 is 3.74. The van der Waals surface area contributed by atoms with Gasteiger partial charge in [0.15, 0.2) is 15.0 Å². The number of ether oxygens (including phenoxy) is 1. The van der Waals surface area contributed by atoms with Gasteiger partial charge in [0.1, 0.15) is 34.5 Å². The first-order chi connectivity index (χ1) is 47.9. The van der Waals surface area contributed by atoms with E-state index in [1.807, 2.05) is 53.7 Å². The van der Waals surface area contributed by atoms with Gasteiger partial charge < -0.3 is 61.6 Å². The second kappa shape index (κ2) is 32.6. The quantitative estimate of drug-likeness (QED) is 0.0396. The second-order valence-corrected chi connectivity index (χ2v) is 31.9. The number of aliphatic hydroxyl groups excluding tert-OH is 2. The number of nitrogens with zero attached hydrogens (tertiary/aromatic N) is 9. The number of hydrogen-bond donors (Lipinski definition) is 8. The number of aromatic nitrogens is 6. The molecule has 0 spiro atoms. The minimum Gasteiger partial charge on any atom is -0.393 e. The molecule has 24 nitrogen and oxygen atoms in total. The van der Waals surface area contributed by atoms with Crippen LogP contribution in [0.2, 0.25) is 0 Å². The first-order valence-electron chi connectivity index (χ1n) is 35.9. The lowest BCUT2D eigenvalue weighted by Crippen LogP contribution is -2.40. The number of likely N-dealkylation sites (tertiary alicyclic amines) is 2. The molecule has 6 aromatic rings. The standard InChI is InChI=1S/C25H33N5O3S.2C24H33N5O3S/c1-13(2)27-20-11-14(3)17(12-26-20)22-21(25(33)30-15-7-8-16(30)10-9-15)29-24(34-22)23(32)28-18-5-4-6-19(18)31;1-14(2)26-19-12-15(3)18(13-25-19)21-20(24(31)29-9-5-6-16(29)4)28-23(33-21)22(30)27-17-7-10-32-11-8-17;1-13(2)26-19-10-14(3)18(12-25-19)21-20(24(32)29-9-5-6-15(29)4)28-23(33-21)22(31)27-16-7-8-17(30)11-16/h11-13,15-16,18-19,31H,4-10H2,1-3H3,(H,26,27)(H,28,32);12-14,16-17H,5-11H2,1-4H3,(H,25,26)(H,27,30);10,12-13,15-17,30H,5-9,11H2,1-4H3,(H,25,26)(H,27,31)/t15?,16?,18-,19-;16-;15-,16-,17-/m000/s1. The Morgan fingerprint density at radius 1 is 0.490 bits per heavy atom. The number of rotatable bonds is 18. The van der Waals surface area contributed by atoms with Gasteiger partial charge in [0, 0.05) is 116 Å². The molecule has 6 aromatic heterocycles. The zero-order valence-corrected chi connectivity index (χ0v) is 62.0. The van der Waals surface area contributed by atoms with E-state index in [0.717, 1.165) is 141 Å². The molecule has 0 radical (unpaired) electrons. The average molecular weight is 1430 g/mol. The molecule has 2 saturated carbocycles. The van der Waals surface area contributed by atoms with Crippen molar-refractivity contribution in [2.75, 3.05) is 42.3 Å². The molecule has 11 heterocycles. The van der Waals surface area contributed by atoms with Crippen LogP contribution in [0.3, 0.4) is 0 Å². The molecule has 100 heavy (non-hydrogen) atoms. The predicted molar refractivity (Wildman–Crippen MR) is 392 cm³/mol. The number of anilines is 3. The fraction of sp³-hybridized carbons (Fsp3) is 0.589. The van der Waals surface area contributed by atoms with E-state index in [-0.39, 0.29) is 112 Å². The minimum absolute atomic E-state index is 0.0672. The van der Waals surface area contributed by atoms with Crippen LogP contribution >= 0.6 is 34.0 Å². The van der Waals surface area contributed by atoms with Crippen LogP contribution in [-0.4, -0.2) is 189 Å². The molecule has 27 heteroatoms. The minimum atomic E-state index is -0.530. The van der Waals surface area contributed by atoms with E-state index >= 15 is 0 Å². The van der Waals surface area contributed by atoms with Crippen molar-refractivity contribution in [1.29, 1.82) is 0 Å². The van der Waals surface area contributed by atoms with Crippen LogP contribution in [0, 0.1) is 20.8 Å². The molecule has 0 aromatic carbocycles. The highest BCUT2D eigenvalue weighted by atomic mass is 32.1. The van der Waals surface area contributed by atoms with Gasteiger partial charge >= 0.3 is 0 Å². The normalized spacial score (nSPS) is 22.6. The van der Waals surface area contributed by atoms with Gasteiger partial charge in [-0.15, -0.1) is 34.0 Å². The van der Waals surface area contributed by atoms with Gasteiger partial charge in [-0.05, 0) is 214 Å². The van der Waals surface area contributed by atoms with Crippen molar-refractivity contribution >= 4 is 86.9 Å². The number of carbonyl (C=O) groups excluding carboxylic acids is 6. The smallest absolute Gasteiger partial charge is 0.280 e. The largest absolute Gasteiger partial charge is 0.393 e. The van der Waals surface area contributed by atoms with Gasteiger partial charge in [-0.3, -0.25) is 28.8 Å². The monoisotopic (exact) mass is 1430 g/mol. The van der Waals surface area contributed by atoms with Crippen LogP contribution in [0.4, 0.5) is 17.5 Å². The Morgan fingerprint density at radius 2 is 0.890 bits per heavy atom. The molecule has 6 amide bonds.